The van der Waals surface area contributed by atoms with Gasteiger partial charge < -0.3 is 11.1 Å². The molecule has 3 rings (SSSR count). The molecule has 2 aromatic rings. The van der Waals surface area contributed by atoms with E-state index in [0.717, 1.165) is 49.3 Å². The van der Waals surface area contributed by atoms with E-state index in [1.165, 1.54) is 0 Å². The summed E-state index contributed by atoms with van der Waals surface area (Å²) in [6.45, 7) is 2.49. The first-order chi connectivity index (χ1) is 13.9. The summed E-state index contributed by atoms with van der Waals surface area (Å²) in [6.07, 6.45) is 2.50. The minimum atomic E-state index is -0.200. The molecule has 1 aliphatic rings. The molecule has 29 heavy (non-hydrogen) atoms. The number of carbonyl (C=O) groups excluding carboxylic acids is 2. The standard InChI is InChI=1S/C22H25Cl2N3O2/c23-18-6-4-16(20(24)13-18)5-7-21(28)26-19-3-1-2-15(12-19)14-27-10-8-17(9-11-27)22(25)29/h1-4,6,12-13,17H,5,7-11,14H2,(H2,25,29)(H,26,28). The van der Waals surface area contributed by atoms with Gasteiger partial charge in [-0.2, -0.15) is 0 Å². The van der Waals surface area contributed by atoms with Crippen LogP contribution in [0.4, 0.5) is 5.69 Å². The maximum absolute atomic E-state index is 12.3. The Morgan fingerprint density at radius 2 is 1.86 bits per heavy atom. The molecule has 0 atom stereocenters. The van der Waals surface area contributed by atoms with Gasteiger partial charge in [0.1, 0.15) is 0 Å². The van der Waals surface area contributed by atoms with Crippen molar-refractivity contribution < 1.29 is 9.59 Å². The highest BCUT2D eigenvalue weighted by atomic mass is 35.5. The molecule has 1 saturated heterocycles. The highest BCUT2D eigenvalue weighted by Crippen LogP contribution is 2.23. The summed E-state index contributed by atoms with van der Waals surface area (Å²) in [5, 5.41) is 4.11. The number of rotatable bonds is 7. The monoisotopic (exact) mass is 433 g/mol. The first kappa shape index (κ1) is 21.6. The van der Waals surface area contributed by atoms with Gasteiger partial charge in [-0.1, -0.05) is 41.4 Å². The van der Waals surface area contributed by atoms with Gasteiger partial charge >= 0.3 is 0 Å². The van der Waals surface area contributed by atoms with Crippen LogP contribution in [0.1, 0.15) is 30.4 Å². The summed E-state index contributed by atoms with van der Waals surface area (Å²) >= 11 is 12.1. The molecule has 0 spiro atoms. The SMILES string of the molecule is NC(=O)C1CCN(Cc2cccc(NC(=O)CCc3ccc(Cl)cc3Cl)c2)CC1. The number of halogens is 2. The zero-order chi connectivity index (χ0) is 20.8. The zero-order valence-corrected chi connectivity index (χ0v) is 17.7. The molecule has 0 bridgehead atoms. The fourth-order valence-corrected chi connectivity index (χ4v) is 4.08. The molecule has 0 unspecified atom stereocenters. The Hall–Kier alpha value is -2.08. The smallest absolute Gasteiger partial charge is 0.224 e. The Labute approximate surface area is 181 Å². The molecule has 0 radical (unpaired) electrons. The molecule has 1 heterocycles. The van der Waals surface area contributed by atoms with Crippen molar-refractivity contribution in [2.24, 2.45) is 11.7 Å². The third kappa shape index (κ3) is 6.46. The quantitative estimate of drug-likeness (QED) is 0.684. The average molecular weight is 434 g/mol. The fraction of sp³-hybridized carbons (Fsp3) is 0.364. The molecule has 0 saturated carbocycles. The number of anilines is 1. The molecular formula is C22H25Cl2N3O2. The highest BCUT2D eigenvalue weighted by Gasteiger charge is 2.23. The molecule has 1 fully saturated rings. The number of amides is 2. The van der Waals surface area contributed by atoms with E-state index in [2.05, 4.69) is 10.2 Å². The Balaban J connectivity index is 1.50. The predicted octanol–water partition coefficient (Wildman–Crippen LogP) is 4.26. The Kier molecular flexibility index (Phi) is 7.53. The molecule has 2 aromatic carbocycles. The number of hydrogen-bond donors (Lipinski definition) is 2. The number of nitrogens with two attached hydrogens (primary N) is 1. The highest BCUT2D eigenvalue weighted by molar-refractivity contribution is 6.35. The minimum absolute atomic E-state index is 0.00832. The summed E-state index contributed by atoms with van der Waals surface area (Å²) in [4.78, 5) is 25.9. The van der Waals surface area contributed by atoms with Gasteiger partial charge in [-0.25, -0.2) is 0 Å². The second-order valence-electron chi connectivity index (χ2n) is 7.44. The van der Waals surface area contributed by atoms with Gasteiger partial charge in [0.15, 0.2) is 0 Å². The van der Waals surface area contributed by atoms with Crippen LogP contribution in [0.5, 0.6) is 0 Å². The number of nitrogens with one attached hydrogen (secondary N) is 1. The van der Waals surface area contributed by atoms with Crippen LogP contribution in [0, 0.1) is 5.92 Å². The van der Waals surface area contributed by atoms with Crippen LogP contribution in [0.2, 0.25) is 10.0 Å². The molecule has 0 aromatic heterocycles. The Morgan fingerprint density at radius 3 is 2.55 bits per heavy atom. The lowest BCUT2D eigenvalue weighted by Crippen LogP contribution is -2.38. The molecule has 5 nitrogen and oxygen atoms in total. The van der Waals surface area contributed by atoms with Crippen LogP contribution < -0.4 is 11.1 Å². The summed E-state index contributed by atoms with van der Waals surface area (Å²) in [7, 11) is 0. The second-order valence-corrected chi connectivity index (χ2v) is 8.28. The van der Waals surface area contributed by atoms with Crippen LogP contribution in [-0.4, -0.2) is 29.8 Å². The molecule has 3 N–H and O–H groups in total. The van der Waals surface area contributed by atoms with Crippen molar-refractivity contribution in [3.63, 3.8) is 0 Å². The van der Waals surface area contributed by atoms with Crippen molar-refractivity contribution in [3.8, 4) is 0 Å². The number of nitrogens with zero attached hydrogens (tertiary/aromatic N) is 1. The van der Waals surface area contributed by atoms with Gasteiger partial charge in [-0.3, -0.25) is 14.5 Å². The van der Waals surface area contributed by atoms with Crippen LogP contribution >= 0.6 is 23.2 Å². The van der Waals surface area contributed by atoms with Gasteiger partial charge in [0.05, 0.1) is 0 Å². The number of piperidine rings is 1. The first-order valence-corrected chi connectivity index (χ1v) is 10.5. The van der Waals surface area contributed by atoms with Crippen molar-refractivity contribution in [1.29, 1.82) is 0 Å². The van der Waals surface area contributed by atoms with E-state index in [1.54, 1.807) is 12.1 Å². The second kappa shape index (κ2) is 10.1. The van der Waals surface area contributed by atoms with Crippen LogP contribution in [0.15, 0.2) is 42.5 Å². The molecular weight excluding hydrogens is 409 g/mol. The van der Waals surface area contributed by atoms with Crippen molar-refractivity contribution in [1.82, 2.24) is 4.90 Å². The summed E-state index contributed by atoms with van der Waals surface area (Å²) < 4.78 is 0. The topological polar surface area (TPSA) is 75.4 Å². The van der Waals surface area contributed by atoms with E-state index < -0.39 is 0 Å². The molecule has 154 valence electrons. The van der Waals surface area contributed by atoms with Crippen LogP contribution in [0.25, 0.3) is 0 Å². The third-order valence-corrected chi connectivity index (χ3v) is 5.83. The lowest BCUT2D eigenvalue weighted by atomic mass is 9.96. The Morgan fingerprint density at radius 1 is 1.10 bits per heavy atom. The van der Waals surface area contributed by atoms with E-state index in [4.69, 9.17) is 28.9 Å². The summed E-state index contributed by atoms with van der Waals surface area (Å²) in [6, 6.07) is 13.2. The number of benzene rings is 2. The van der Waals surface area contributed by atoms with Gasteiger partial charge in [0.25, 0.3) is 0 Å². The van der Waals surface area contributed by atoms with E-state index in [-0.39, 0.29) is 17.7 Å². The summed E-state index contributed by atoms with van der Waals surface area (Å²) in [5.74, 6) is -0.268. The molecule has 2 amide bonds. The first-order valence-electron chi connectivity index (χ1n) is 9.75. The van der Waals surface area contributed by atoms with Gasteiger partial charge in [-0.05, 0) is 67.7 Å². The molecule has 7 heteroatoms. The minimum Gasteiger partial charge on any atom is -0.369 e. The van der Waals surface area contributed by atoms with Gasteiger partial charge in [0.2, 0.25) is 11.8 Å². The number of carbonyl (C=O) groups is 2. The fourth-order valence-electron chi connectivity index (χ4n) is 3.58. The lowest BCUT2D eigenvalue weighted by Gasteiger charge is -2.30. The normalized spacial score (nSPS) is 15.2. The predicted molar refractivity (Wildman–Crippen MR) is 117 cm³/mol. The number of primary amides is 1. The Bertz CT molecular complexity index is 880. The van der Waals surface area contributed by atoms with E-state index >= 15 is 0 Å². The molecule has 0 aliphatic carbocycles. The van der Waals surface area contributed by atoms with Crippen molar-refractivity contribution in [3.05, 3.63) is 63.6 Å². The van der Waals surface area contributed by atoms with Crippen molar-refractivity contribution in [2.45, 2.75) is 32.2 Å². The number of hydrogen-bond acceptors (Lipinski definition) is 3. The van der Waals surface area contributed by atoms with E-state index in [0.29, 0.717) is 22.9 Å². The lowest BCUT2D eigenvalue weighted by molar-refractivity contribution is -0.123. The van der Waals surface area contributed by atoms with Crippen molar-refractivity contribution >= 4 is 40.7 Å². The number of aryl methyl sites for hydroxylation is 1. The van der Waals surface area contributed by atoms with Gasteiger partial charge in [0, 0.05) is 34.6 Å². The van der Waals surface area contributed by atoms with Crippen LogP contribution in [0.3, 0.4) is 0 Å². The average Bonchev–Trinajstić information content (AvgIpc) is 2.68. The third-order valence-electron chi connectivity index (χ3n) is 5.24. The van der Waals surface area contributed by atoms with Gasteiger partial charge in [-0.15, -0.1) is 0 Å². The zero-order valence-electron chi connectivity index (χ0n) is 16.2. The molecule has 1 aliphatic heterocycles. The van der Waals surface area contributed by atoms with Crippen LogP contribution in [-0.2, 0) is 22.6 Å². The summed E-state index contributed by atoms with van der Waals surface area (Å²) in [5.41, 5.74) is 8.20. The van der Waals surface area contributed by atoms with E-state index in [9.17, 15) is 9.59 Å². The largest absolute Gasteiger partial charge is 0.369 e. The van der Waals surface area contributed by atoms with Crippen molar-refractivity contribution in [2.75, 3.05) is 18.4 Å². The maximum atomic E-state index is 12.3. The maximum Gasteiger partial charge on any atom is 0.224 e. The number of likely N-dealkylation sites (tertiary alicyclic amines) is 1. The van der Waals surface area contributed by atoms with E-state index in [1.807, 2.05) is 30.3 Å².